The van der Waals surface area contributed by atoms with Crippen molar-refractivity contribution in [1.29, 1.82) is 0 Å². The Labute approximate surface area is 118 Å². The third-order valence-corrected chi connectivity index (χ3v) is 6.41. The second kappa shape index (κ2) is 4.41. The van der Waals surface area contributed by atoms with Gasteiger partial charge in [0.2, 0.25) is 10.0 Å². The van der Waals surface area contributed by atoms with Crippen LogP contribution in [0.15, 0.2) is 24.8 Å². The van der Waals surface area contributed by atoms with Crippen LogP contribution in [0.2, 0.25) is 0 Å². The van der Waals surface area contributed by atoms with Crippen molar-refractivity contribution in [2.45, 2.75) is 23.9 Å². The van der Waals surface area contributed by atoms with Crippen molar-refractivity contribution in [3.63, 3.8) is 0 Å². The number of esters is 1. The van der Waals surface area contributed by atoms with E-state index in [0.29, 0.717) is 0 Å². The van der Waals surface area contributed by atoms with Crippen molar-refractivity contribution in [2.24, 2.45) is 5.92 Å². The summed E-state index contributed by atoms with van der Waals surface area (Å²) in [6.45, 7) is 5.94. The van der Waals surface area contributed by atoms with E-state index in [1.807, 2.05) is 0 Å². The second-order valence-corrected chi connectivity index (χ2v) is 7.28. The minimum absolute atomic E-state index is 0.220. The quantitative estimate of drug-likeness (QED) is 0.543. The molecule has 110 valence electrons. The van der Waals surface area contributed by atoms with Crippen LogP contribution in [0, 0.1) is 5.92 Å². The number of hydrogen-bond donors (Lipinski definition) is 0. The number of nitrogens with zero attached hydrogens (tertiary/aromatic N) is 1. The Hall–Kier alpha value is -1.18. The molecule has 2 bridgehead atoms. The van der Waals surface area contributed by atoms with Crippen molar-refractivity contribution in [1.82, 2.24) is 4.31 Å². The van der Waals surface area contributed by atoms with Crippen LogP contribution in [0.5, 0.6) is 0 Å². The molecular weight excluding hydrogens is 282 g/mol. The number of hydrogen-bond acceptors (Lipinski definition) is 5. The molecular formula is C13H17NO5S. The van der Waals surface area contributed by atoms with Gasteiger partial charge in [0.15, 0.2) is 0 Å². The van der Waals surface area contributed by atoms with Crippen molar-refractivity contribution < 1.29 is 22.7 Å². The van der Waals surface area contributed by atoms with E-state index in [4.69, 9.17) is 9.47 Å². The van der Waals surface area contributed by atoms with Crippen molar-refractivity contribution in [3.05, 3.63) is 24.8 Å². The summed E-state index contributed by atoms with van der Waals surface area (Å²) in [5.41, 5.74) is -0.913. The van der Waals surface area contributed by atoms with E-state index in [1.54, 1.807) is 19.1 Å². The zero-order valence-corrected chi connectivity index (χ0v) is 12.0. The molecule has 0 aliphatic carbocycles. The molecule has 2 fully saturated rings. The van der Waals surface area contributed by atoms with E-state index >= 15 is 0 Å². The Balaban J connectivity index is 2.00. The fourth-order valence-corrected chi connectivity index (χ4v) is 5.74. The number of carbonyl (C=O) groups excluding carboxylic acids is 1. The lowest BCUT2D eigenvalue weighted by Crippen LogP contribution is -2.44. The SMILES string of the molecule is C=CCN1C[C@]23C=C[C@H](O2)[C@@H](C(=O)OCC)[C@@H]3S1(=O)=O. The normalized spacial score (nSPS) is 40.8. The summed E-state index contributed by atoms with van der Waals surface area (Å²) in [5.74, 6) is -1.28. The molecule has 3 aliphatic heterocycles. The van der Waals surface area contributed by atoms with E-state index in [-0.39, 0.29) is 19.7 Å². The second-order valence-electron chi connectivity index (χ2n) is 5.22. The van der Waals surface area contributed by atoms with Gasteiger partial charge in [-0.1, -0.05) is 18.2 Å². The molecule has 2 saturated heterocycles. The van der Waals surface area contributed by atoms with Gasteiger partial charge in [0.25, 0.3) is 0 Å². The Morgan fingerprint density at radius 3 is 3.05 bits per heavy atom. The van der Waals surface area contributed by atoms with Gasteiger partial charge in [0.1, 0.15) is 16.8 Å². The topological polar surface area (TPSA) is 72.9 Å². The minimum Gasteiger partial charge on any atom is -0.466 e. The fourth-order valence-electron chi connectivity index (χ4n) is 3.37. The highest BCUT2D eigenvalue weighted by Crippen LogP contribution is 2.51. The zero-order valence-electron chi connectivity index (χ0n) is 11.2. The summed E-state index contributed by atoms with van der Waals surface area (Å²) in [4.78, 5) is 12.1. The van der Waals surface area contributed by atoms with Crippen LogP contribution in [0.4, 0.5) is 0 Å². The fraction of sp³-hybridized carbons (Fsp3) is 0.615. The monoisotopic (exact) mass is 299 g/mol. The van der Waals surface area contributed by atoms with E-state index in [1.165, 1.54) is 10.4 Å². The average Bonchev–Trinajstić information content (AvgIpc) is 2.99. The van der Waals surface area contributed by atoms with E-state index in [2.05, 4.69) is 6.58 Å². The highest BCUT2D eigenvalue weighted by molar-refractivity contribution is 7.90. The summed E-state index contributed by atoms with van der Waals surface area (Å²) in [7, 11) is -3.59. The average molecular weight is 299 g/mol. The van der Waals surface area contributed by atoms with E-state index < -0.39 is 38.9 Å². The van der Waals surface area contributed by atoms with Crippen LogP contribution >= 0.6 is 0 Å². The summed E-state index contributed by atoms with van der Waals surface area (Å²) in [5, 5.41) is -0.885. The summed E-state index contributed by atoms with van der Waals surface area (Å²) < 4.78 is 37.4. The number of ether oxygens (including phenoxy) is 2. The maximum Gasteiger partial charge on any atom is 0.313 e. The van der Waals surface area contributed by atoms with Gasteiger partial charge in [-0.15, -0.1) is 6.58 Å². The highest BCUT2D eigenvalue weighted by atomic mass is 32.2. The summed E-state index contributed by atoms with van der Waals surface area (Å²) >= 11 is 0. The molecule has 0 N–H and O–H groups in total. The Kier molecular flexibility index (Phi) is 3.04. The van der Waals surface area contributed by atoms with Crippen LogP contribution in [0.25, 0.3) is 0 Å². The molecule has 0 saturated carbocycles. The predicted molar refractivity (Wildman–Crippen MR) is 71.3 cm³/mol. The van der Waals surface area contributed by atoms with Crippen molar-refractivity contribution >= 4 is 16.0 Å². The first-order valence-corrected chi connectivity index (χ1v) is 8.10. The predicted octanol–water partition coefficient (Wildman–Crippen LogP) is 0.0731. The molecule has 0 aromatic rings. The van der Waals surface area contributed by atoms with E-state index in [9.17, 15) is 13.2 Å². The van der Waals surface area contributed by atoms with Gasteiger partial charge >= 0.3 is 5.97 Å². The van der Waals surface area contributed by atoms with Crippen LogP contribution in [0.3, 0.4) is 0 Å². The molecule has 0 unspecified atom stereocenters. The highest BCUT2D eigenvalue weighted by Gasteiger charge is 2.70. The maximum atomic E-state index is 12.6. The molecule has 3 heterocycles. The van der Waals surface area contributed by atoms with Gasteiger partial charge < -0.3 is 9.47 Å². The smallest absolute Gasteiger partial charge is 0.313 e. The first kappa shape index (κ1) is 13.8. The molecule has 0 radical (unpaired) electrons. The molecule has 6 nitrogen and oxygen atoms in total. The van der Waals surface area contributed by atoms with Gasteiger partial charge in [0.05, 0.1) is 12.7 Å². The number of fused-ring (bicyclic) bond motifs is 1. The molecule has 0 aromatic heterocycles. The van der Waals surface area contributed by atoms with Gasteiger partial charge in [-0.25, -0.2) is 8.42 Å². The molecule has 20 heavy (non-hydrogen) atoms. The number of rotatable bonds is 4. The number of sulfonamides is 1. The molecule has 4 atom stereocenters. The van der Waals surface area contributed by atoms with Crippen molar-refractivity contribution in [3.8, 4) is 0 Å². The summed E-state index contributed by atoms with van der Waals surface area (Å²) in [6, 6.07) is 0. The van der Waals surface area contributed by atoms with E-state index in [0.717, 1.165) is 0 Å². The maximum absolute atomic E-state index is 12.6. The lowest BCUT2D eigenvalue weighted by atomic mass is 9.86. The van der Waals surface area contributed by atoms with Crippen LogP contribution < -0.4 is 0 Å². The summed E-state index contributed by atoms with van der Waals surface area (Å²) in [6.07, 6.45) is 4.58. The first-order valence-electron chi connectivity index (χ1n) is 6.60. The molecule has 3 aliphatic rings. The Morgan fingerprint density at radius 1 is 1.65 bits per heavy atom. The Morgan fingerprint density at radius 2 is 2.40 bits per heavy atom. The minimum atomic E-state index is -3.59. The van der Waals surface area contributed by atoms with Crippen LogP contribution in [-0.2, 0) is 24.3 Å². The number of carbonyl (C=O) groups is 1. The van der Waals surface area contributed by atoms with Gasteiger partial charge in [-0.05, 0) is 6.92 Å². The van der Waals surface area contributed by atoms with Crippen LogP contribution in [0.1, 0.15) is 6.92 Å². The largest absolute Gasteiger partial charge is 0.466 e. The standard InChI is InChI=1S/C13H17NO5S/c1-3-7-14-8-13-6-5-9(19-13)10(12(15)18-4-2)11(13)20(14,16)17/h3,5-6,9-11H,1,4,7-8H2,2H3/t9-,10+,11-,13-/m0/s1. The van der Waals surface area contributed by atoms with Crippen molar-refractivity contribution in [2.75, 3.05) is 19.7 Å². The molecule has 0 aromatic carbocycles. The molecule has 1 spiro atoms. The molecule has 7 heteroatoms. The van der Waals surface area contributed by atoms with Gasteiger partial charge in [0, 0.05) is 13.1 Å². The molecule has 0 amide bonds. The van der Waals surface area contributed by atoms with Gasteiger partial charge in [-0.2, -0.15) is 4.31 Å². The molecule has 3 rings (SSSR count). The third-order valence-electron chi connectivity index (χ3n) is 4.08. The third kappa shape index (κ3) is 1.63. The lowest BCUT2D eigenvalue weighted by molar-refractivity contribution is -0.148. The first-order chi connectivity index (χ1) is 9.46. The van der Waals surface area contributed by atoms with Gasteiger partial charge in [-0.3, -0.25) is 4.79 Å². The lowest BCUT2D eigenvalue weighted by Gasteiger charge is -2.23. The Bertz CT molecular complexity index is 584. The van der Waals surface area contributed by atoms with Crippen LogP contribution in [-0.4, -0.2) is 55.3 Å². The zero-order chi connectivity index (χ0) is 14.5.